The molecule has 1 aromatic carbocycles. The summed E-state index contributed by atoms with van der Waals surface area (Å²) in [6, 6.07) is 9.19. The number of hydrogen-bond donors (Lipinski definition) is 1. The number of aryl methyl sites for hydroxylation is 1. The van der Waals surface area contributed by atoms with Gasteiger partial charge in [0.1, 0.15) is 0 Å². The van der Waals surface area contributed by atoms with E-state index in [0.29, 0.717) is 26.2 Å². The van der Waals surface area contributed by atoms with Gasteiger partial charge in [-0.3, -0.25) is 0 Å². The second-order valence-corrected chi connectivity index (χ2v) is 6.96. The van der Waals surface area contributed by atoms with Gasteiger partial charge in [-0.2, -0.15) is 9.40 Å². The van der Waals surface area contributed by atoms with Gasteiger partial charge in [-0.15, -0.1) is 0 Å². The highest BCUT2D eigenvalue weighted by atomic mass is 32.2. The Morgan fingerprint density at radius 2 is 1.76 bits per heavy atom. The van der Waals surface area contributed by atoms with E-state index < -0.39 is 10.0 Å². The normalized spacial score (nSPS) is 17.0. The van der Waals surface area contributed by atoms with Gasteiger partial charge in [0.05, 0.1) is 11.9 Å². The fourth-order valence-electron chi connectivity index (χ4n) is 2.38. The fraction of sp³-hybridized carbons (Fsp3) is 0.357. The van der Waals surface area contributed by atoms with Crippen LogP contribution in [0.1, 0.15) is 5.56 Å². The summed E-state index contributed by atoms with van der Waals surface area (Å²) in [5.41, 5.74) is 1.87. The maximum atomic E-state index is 12.7. The summed E-state index contributed by atoms with van der Waals surface area (Å²) in [5, 5.41) is 7.54. The second-order valence-electron chi connectivity index (χ2n) is 5.07. The van der Waals surface area contributed by atoms with Crippen LogP contribution in [-0.2, 0) is 10.0 Å². The van der Waals surface area contributed by atoms with Gasteiger partial charge in [0.25, 0.3) is 10.0 Å². The topological polar surface area (TPSA) is 67.2 Å². The highest BCUT2D eigenvalue weighted by Crippen LogP contribution is 2.19. The maximum Gasteiger partial charge on any atom is 0.260 e. The summed E-state index contributed by atoms with van der Waals surface area (Å²) in [7, 11) is -3.51. The predicted octanol–water partition coefficient (Wildman–Crippen LogP) is 0.775. The zero-order valence-electron chi connectivity index (χ0n) is 11.9. The summed E-state index contributed by atoms with van der Waals surface area (Å²) >= 11 is 0. The van der Waals surface area contributed by atoms with Gasteiger partial charge in [0.2, 0.25) is 0 Å². The molecular weight excluding hydrogens is 288 g/mol. The molecule has 0 bridgehead atoms. The minimum Gasteiger partial charge on any atom is -0.314 e. The van der Waals surface area contributed by atoms with E-state index in [1.54, 1.807) is 6.07 Å². The maximum absolute atomic E-state index is 12.7. The van der Waals surface area contributed by atoms with Crippen LogP contribution < -0.4 is 5.32 Å². The quantitative estimate of drug-likeness (QED) is 0.910. The molecule has 0 unspecified atom stereocenters. The molecule has 7 heteroatoms. The highest BCUT2D eigenvalue weighted by molar-refractivity contribution is 7.89. The first-order valence-corrected chi connectivity index (χ1v) is 8.35. The Bertz CT molecular complexity index is 716. The van der Waals surface area contributed by atoms with E-state index in [1.807, 2.05) is 31.2 Å². The standard InChI is InChI=1S/C14H18N4O2S/c1-12-2-4-13(5-3-12)18-14(6-7-16-18)21(19,20)17-10-8-15-9-11-17/h2-7,15H,8-11H2,1H3. The Morgan fingerprint density at radius 1 is 1.10 bits per heavy atom. The lowest BCUT2D eigenvalue weighted by molar-refractivity contribution is 0.358. The van der Waals surface area contributed by atoms with Crippen molar-refractivity contribution in [3.05, 3.63) is 42.1 Å². The van der Waals surface area contributed by atoms with E-state index in [-0.39, 0.29) is 5.03 Å². The lowest BCUT2D eigenvalue weighted by Gasteiger charge is -2.26. The molecule has 0 spiro atoms. The van der Waals surface area contributed by atoms with Crippen LogP contribution in [0.5, 0.6) is 0 Å². The SMILES string of the molecule is Cc1ccc(-n2nccc2S(=O)(=O)N2CCNCC2)cc1. The zero-order chi connectivity index (χ0) is 14.9. The number of sulfonamides is 1. The highest BCUT2D eigenvalue weighted by Gasteiger charge is 2.29. The number of nitrogens with zero attached hydrogens (tertiary/aromatic N) is 3. The molecule has 2 heterocycles. The van der Waals surface area contributed by atoms with E-state index in [2.05, 4.69) is 10.4 Å². The lowest BCUT2D eigenvalue weighted by atomic mass is 10.2. The van der Waals surface area contributed by atoms with Gasteiger partial charge in [0.15, 0.2) is 5.03 Å². The largest absolute Gasteiger partial charge is 0.314 e. The number of aromatic nitrogens is 2. The minimum absolute atomic E-state index is 0.216. The summed E-state index contributed by atoms with van der Waals surface area (Å²) in [6.07, 6.45) is 1.52. The molecule has 0 amide bonds. The molecule has 0 saturated carbocycles. The van der Waals surface area contributed by atoms with Crippen LogP contribution in [0, 0.1) is 6.92 Å². The molecule has 0 aliphatic carbocycles. The lowest BCUT2D eigenvalue weighted by Crippen LogP contribution is -2.46. The van der Waals surface area contributed by atoms with Gasteiger partial charge >= 0.3 is 0 Å². The molecule has 21 heavy (non-hydrogen) atoms. The average molecular weight is 306 g/mol. The molecule has 112 valence electrons. The van der Waals surface area contributed by atoms with E-state index in [9.17, 15) is 8.42 Å². The fourth-order valence-corrected chi connectivity index (χ4v) is 3.92. The van der Waals surface area contributed by atoms with E-state index in [1.165, 1.54) is 15.2 Å². The van der Waals surface area contributed by atoms with Crippen molar-refractivity contribution in [1.82, 2.24) is 19.4 Å². The van der Waals surface area contributed by atoms with E-state index >= 15 is 0 Å². The van der Waals surface area contributed by atoms with Crippen LogP contribution in [0.15, 0.2) is 41.6 Å². The molecule has 0 atom stereocenters. The molecule has 1 aliphatic rings. The van der Waals surface area contributed by atoms with Crippen molar-refractivity contribution in [2.75, 3.05) is 26.2 Å². The van der Waals surface area contributed by atoms with Gasteiger partial charge in [-0.25, -0.2) is 13.1 Å². The molecule has 1 saturated heterocycles. The molecule has 1 N–H and O–H groups in total. The Labute approximate surface area is 124 Å². The first-order chi connectivity index (χ1) is 10.1. The number of nitrogens with one attached hydrogen (secondary N) is 1. The predicted molar refractivity (Wildman–Crippen MR) is 79.9 cm³/mol. The first-order valence-electron chi connectivity index (χ1n) is 6.91. The third kappa shape index (κ3) is 2.72. The van der Waals surface area contributed by atoms with Crippen LogP contribution in [0.3, 0.4) is 0 Å². The Hall–Kier alpha value is -1.70. The van der Waals surface area contributed by atoms with Crippen molar-refractivity contribution < 1.29 is 8.42 Å². The molecule has 1 aliphatic heterocycles. The minimum atomic E-state index is -3.51. The van der Waals surface area contributed by atoms with Crippen LogP contribution in [0.4, 0.5) is 0 Å². The van der Waals surface area contributed by atoms with Crippen molar-refractivity contribution in [1.29, 1.82) is 0 Å². The molecule has 1 aromatic heterocycles. The first kappa shape index (κ1) is 14.2. The Kier molecular flexibility index (Phi) is 3.79. The summed E-state index contributed by atoms with van der Waals surface area (Å²) in [4.78, 5) is 0. The third-order valence-electron chi connectivity index (χ3n) is 3.57. The van der Waals surface area contributed by atoms with Crippen LogP contribution >= 0.6 is 0 Å². The average Bonchev–Trinajstić information content (AvgIpc) is 2.99. The molecular formula is C14H18N4O2S. The van der Waals surface area contributed by atoms with Crippen molar-refractivity contribution >= 4 is 10.0 Å². The van der Waals surface area contributed by atoms with Crippen molar-refractivity contribution in [3.63, 3.8) is 0 Å². The zero-order valence-corrected chi connectivity index (χ0v) is 12.7. The summed E-state index contributed by atoms with van der Waals surface area (Å²) < 4.78 is 28.5. The van der Waals surface area contributed by atoms with Crippen molar-refractivity contribution in [2.24, 2.45) is 0 Å². The van der Waals surface area contributed by atoms with E-state index in [0.717, 1.165) is 11.3 Å². The molecule has 2 aromatic rings. The van der Waals surface area contributed by atoms with Gasteiger partial charge < -0.3 is 5.32 Å². The van der Waals surface area contributed by atoms with Gasteiger partial charge in [0, 0.05) is 26.2 Å². The molecule has 0 radical (unpaired) electrons. The Morgan fingerprint density at radius 3 is 2.43 bits per heavy atom. The molecule has 6 nitrogen and oxygen atoms in total. The van der Waals surface area contributed by atoms with Gasteiger partial charge in [-0.1, -0.05) is 17.7 Å². The number of hydrogen-bond acceptors (Lipinski definition) is 4. The third-order valence-corrected chi connectivity index (χ3v) is 5.45. The van der Waals surface area contributed by atoms with Crippen molar-refractivity contribution in [2.45, 2.75) is 11.9 Å². The Balaban J connectivity index is 2.00. The monoisotopic (exact) mass is 306 g/mol. The summed E-state index contributed by atoms with van der Waals surface area (Å²) in [5.74, 6) is 0. The molecule has 1 fully saturated rings. The van der Waals surface area contributed by atoms with Gasteiger partial charge in [-0.05, 0) is 25.1 Å². The smallest absolute Gasteiger partial charge is 0.260 e. The van der Waals surface area contributed by atoms with Crippen LogP contribution in [0.25, 0.3) is 5.69 Å². The second kappa shape index (κ2) is 5.59. The van der Waals surface area contributed by atoms with E-state index in [4.69, 9.17) is 0 Å². The van der Waals surface area contributed by atoms with Crippen LogP contribution in [0.2, 0.25) is 0 Å². The van der Waals surface area contributed by atoms with Crippen molar-refractivity contribution in [3.8, 4) is 5.69 Å². The molecule has 3 rings (SSSR count). The number of rotatable bonds is 3. The summed E-state index contributed by atoms with van der Waals surface area (Å²) in [6.45, 7) is 4.32. The number of benzene rings is 1. The number of piperazine rings is 1. The van der Waals surface area contributed by atoms with Crippen LogP contribution in [-0.4, -0.2) is 48.7 Å².